The summed E-state index contributed by atoms with van der Waals surface area (Å²) < 4.78 is 0. The quantitative estimate of drug-likeness (QED) is 0.777. The minimum absolute atomic E-state index is 0.00698. The van der Waals surface area contributed by atoms with E-state index in [2.05, 4.69) is 10.6 Å². The van der Waals surface area contributed by atoms with Gasteiger partial charge in [0.15, 0.2) is 0 Å². The number of rotatable bonds is 5. The van der Waals surface area contributed by atoms with E-state index in [-0.39, 0.29) is 22.3 Å². The fraction of sp³-hybridized carbons (Fsp3) is 0.429. The summed E-state index contributed by atoms with van der Waals surface area (Å²) in [5.41, 5.74) is 0.0689. The maximum absolute atomic E-state index is 11.9. The predicted octanol–water partition coefficient (Wildman–Crippen LogP) is 3.59. The second-order valence-electron chi connectivity index (χ2n) is 4.74. The van der Waals surface area contributed by atoms with Crippen molar-refractivity contribution in [3.8, 4) is 0 Å². The van der Waals surface area contributed by atoms with Gasteiger partial charge < -0.3 is 15.7 Å². The van der Waals surface area contributed by atoms with Gasteiger partial charge in [-0.25, -0.2) is 9.59 Å². The molecular formula is C14H19ClN2O3. The molecule has 1 aromatic carbocycles. The molecule has 2 unspecified atom stereocenters. The number of carbonyl (C=O) groups is 2. The average molecular weight is 299 g/mol. The third kappa shape index (κ3) is 4.13. The first-order valence-corrected chi connectivity index (χ1v) is 6.83. The van der Waals surface area contributed by atoms with Gasteiger partial charge >= 0.3 is 12.0 Å². The number of carboxylic acid groups (broad SMARTS) is 1. The lowest BCUT2D eigenvalue weighted by molar-refractivity contribution is 0.0698. The van der Waals surface area contributed by atoms with Gasteiger partial charge in [-0.3, -0.25) is 0 Å². The molecule has 0 bridgehead atoms. The Labute approximate surface area is 123 Å². The van der Waals surface area contributed by atoms with Crippen molar-refractivity contribution in [1.82, 2.24) is 5.32 Å². The van der Waals surface area contributed by atoms with Crippen LogP contribution in [0.4, 0.5) is 10.5 Å². The summed E-state index contributed by atoms with van der Waals surface area (Å²) in [5, 5.41) is 14.5. The zero-order valence-corrected chi connectivity index (χ0v) is 12.5. The van der Waals surface area contributed by atoms with Crippen LogP contribution < -0.4 is 10.6 Å². The summed E-state index contributed by atoms with van der Waals surface area (Å²) in [7, 11) is 0. The molecule has 2 amide bonds. The Bertz CT molecular complexity index is 505. The van der Waals surface area contributed by atoms with E-state index in [9.17, 15) is 9.59 Å². The molecule has 0 spiro atoms. The number of amides is 2. The van der Waals surface area contributed by atoms with Gasteiger partial charge in [-0.05, 0) is 25.0 Å². The summed E-state index contributed by atoms with van der Waals surface area (Å²) in [5.74, 6) is -0.847. The number of carbonyl (C=O) groups excluding carboxylic acids is 1. The smallest absolute Gasteiger partial charge is 0.339 e. The van der Waals surface area contributed by atoms with E-state index in [0.29, 0.717) is 5.92 Å². The highest BCUT2D eigenvalue weighted by atomic mass is 35.5. The standard InChI is InChI=1S/C14H19ClN2O3/c1-4-8(2)9(3)16-14(20)17-11-7-5-6-10(15)12(11)13(18)19/h5-9H,4H2,1-3H3,(H,18,19)(H2,16,17,20). The summed E-state index contributed by atoms with van der Waals surface area (Å²) in [6.45, 7) is 5.98. The monoisotopic (exact) mass is 298 g/mol. The number of carboxylic acids is 1. The Morgan fingerprint density at radius 1 is 1.35 bits per heavy atom. The number of aromatic carboxylic acids is 1. The normalized spacial score (nSPS) is 13.4. The van der Waals surface area contributed by atoms with Gasteiger partial charge in [0.05, 0.1) is 10.7 Å². The molecule has 0 aromatic heterocycles. The molecule has 0 aliphatic rings. The molecule has 0 saturated heterocycles. The molecule has 20 heavy (non-hydrogen) atoms. The van der Waals surface area contributed by atoms with E-state index in [4.69, 9.17) is 16.7 Å². The molecule has 1 rings (SSSR count). The Hall–Kier alpha value is -1.75. The molecule has 0 heterocycles. The highest BCUT2D eigenvalue weighted by Crippen LogP contribution is 2.24. The lowest BCUT2D eigenvalue weighted by Gasteiger charge is -2.20. The zero-order valence-electron chi connectivity index (χ0n) is 11.7. The first-order valence-electron chi connectivity index (χ1n) is 6.46. The Morgan fingerprint density at radius 2 is 2.00 bits per heavy atom. The maximum atomic E-state index is 11.9. The van der Waals surface area contributed by atoms with Crippen LogP contribution >= 0.6 is 11.6 Å². The van der Waals surface area contributed by atoms with Crippen molar-refractivity contribution in [2.75, 3.05) is 5.32 Å². The van der Waals surface area contributed by atoms with Crippen LogP contribution in [-0.2, 0) is 0 Å². The van der Waals surface area contributed by atoms with Crippen molar-refractivity contribution < 1.29 is 14.7 Å². The predicted molar refractivity (Wildman–Crippen MR) is 79.5 cm³/mol. The SMILES string of the molecule is CCC(C)C(C)NC(=O)Nc1cccc(Cl)c1C(=O)O. The molecule has 0 aliphatic carbocycles. The summed E-state index contributed by atoms with van der Waals surface area (Å²) in [6.07, 6.45) is 0.943. The first kappa shape index (κ1) is 16.3. The number of benzene rings is 1. The number of hydrogen-bond acceptors (Lipinski definition) is 2. The highest BCUT2D eigenvalue weighted by Gasteiger charge is 2.18. The van der Waals surface area contributed by atoms with Gasteiger partial charge in [-0.15, -0.1) is 0 Å². The van der Waals surface area contributed by atoms with Crippen molar-refractivity contribution in [2.45, 2.75) is 33.2 Å². The average Bonchev–Trinajstić information content (AvgIpc) is 2.36. The van der Waals surface area contributed by atoms with E-state index in [1.54, 1.807) is 6.07 Å². The van der Waals surface area contributed by atoms with Crippen LogP contribution in [0, 0.1) is 5.92 Å². The minimum Gasteiger partial charge on any atom is -0.478 e. The summed E-state index contributed by atoms with van der Waals surface area (Å²) >= 11 is 5.83. The number of hydrogen-bond donors (Lipinski definition) is 3. The van der Waals surface area contributed by atoms with Crippen LogP contribution in [0.15, 0.2) is 18.2 Å². The Morgan fingerprint density at radius 3 is 2.55 bits per heavy atom. The van der Waals surface area contributed by atoms with Crippen molar-refractivity contribution in [3.05, 3.63) is 28.8 Å². The third-order valence-corrected chi connectivity index (χ3v) is 3.65. The Balaban J connectivity index is 2.81. The largest absolute Gasteiger partial charge is 0.478 e. The fourth-order valence-electron chi connectivity index (χ4n) is 1.71. The number of urea groups is 1. The molecule has 0 saturated carbocycles. The molecule has 3 N–H and O–H groups in total. The number of nitrogens with one attached hydrogen (secondary N) is 2. The molecule has 0 radical (unpaired) electrons. The van der Waals surface area contributed by atoms with Crippen molar-refractivity contribution >= 4 is 29.3 Å². The fourth-order valence-corrected chi connectivity index (χ4v) is 1.96. The van der Waals surface area contributed by atoms with Crippen molar-refractivity contribution in [3.63, 3.8) is 0 Å². The molecule has 5 nitrogen and oxygen atoms in total. The summed E-state index contributed by atoms with van der Waals surface area (Å²) in [4.78, 5) is 23.0. The zero-order chi connectivity index (χ0) is 15.3. The topological polar surface area (TPSA) is 78.4 Å². The maximum Gasteiger partial charge on any atom is 0.339 e. The third-order valence-electron chi connectivity index (χ3n) is 3.33. The van der Waals surface area contributed by atoms with Crippen LogP contribution in [0.25, 0.3) is 0 Å². The number of halogens is 1. The Kier molecular flexibility index (Phi) is 5.82. The lowest BCUT2D eigenvalue weighted by Crippen LogP contribution is -2.39. The molecular weight excluding hydrogens is 280 g/mol. The van der Waals surface area contributed by atoms with Crippen LogP contribution in [0.5, 0.6) is 0 Å². The van der Waals surface area contributed by atoms with E-state index in [0.717, 1.165) is 6.42 Å². The van der Waals surface area contributed by atoms with Crippen LogP contribution in [0.1, 0.15) is 37.6 Å². The van der Waals surface area contributed by atoms with Crippen LogP contribution in [-0.4, -0.2) is 23.1 Å². The van der Waals surface area contributed by atoms with Crippen molar-refractivity contribution in [1.29, 1.82) is 0 Å². The van der Waals surface area contributed by atoms with Gasteiger partial charge in [-0.1, -0.05) is 37.9 Å². The van der Waals surface area contributed by atoms with Crippen molar-refractivity contribution in [2.24, 2.45) is 5.92 Å². The summed E-state index contributed by atoms with van der Waals surface area (Å²) in [6, 6.07) is 4.11. The van der Waals surface area contributed by atoms with Crippen LogP contribution in [0.2, 0.25) is 5.02 Å². The van der Waals surface area contributed by atoms with Gasteiger partial charge in [-0.2, -0.15) is 0 Å². The second kappa shape index (κ2) is 7.14. The second-order valence-corrected chi connectivity index (χ2v) is 5.15. The van der Waals surface area contributed by atoms with E-state index in [1.165, 1.54) is 12.1 Å². The minimum atomic E-state index is -1.18. The first-order chi connectivity index (χ1) is 9.36. The molecule has 6 heteroatoms. The van der Waals surface area contributed by atoms with Gasteiger partial charge in [0.1, 0.15) is 5.56 Å². The number of anilines is 1. The molecule has 1 aromatic rings. The molecule has 2 atom stereocenters. The molecule has 110 valence electrons. The van der Waals surface area contributed by atoms with Gasteiger partial charge in [0, 0.05) is 6.04 Å². The van der Waals surface area contributed by atoms with E-state index >= 15 is 0 Å². The van der Waals surface area contributed by atoms with E-state index in [1.807, 2.05) is 20.8 Å². The highest BCUT2D eigenvalue weighted by molar-refractivity contribution is 6.34. The van der Waals surface area contributed by atoms with Gasteiger partial charge in [0.2, 0.25) is 0 Å². The lowest BCUT2D eigenvalue weighted by atomic mass is 10.0. The molecule has 0 fully saturated rings. The van der Waals surface area contributed by atoms with E-state index < -0.39 is 12.0 Å². The van der Waals surface area contributed by atoms with Gasteiger partial charge in [0.25, 0.3) is 0 Å². The van der Waals surface area contributed by atoms with Crippen LogP contribution in [0.3, 0.4) is 0 Å². The molecule has 0 aliphatic heterocycles.